The molecule has 0 saturated heterocycles. The Morgan fingerprint density at radius 2 is 1.45 bits per heavy atom. The first-order valence-corrected chi connectivity index (χ1v) is 7.22. The van der Waals surface area contributed by atoms with Crippen LogP contribution in [0.4, 0.5) is 0 Å². The molecule has 1 amide bonds. The average Bonchev–Trinajstić information content (AvgIpc) is 2.45. The molecule has 1 N–H and O–H groups in total. The lowest BCUT2D eigenvalue weighted by atomic mass is 10.2. The third-order valence-electron chi connectivity index (χ3n) is 2.48. The van der Waals surface area contributed by atoms with E-state index in [1.807, 2.05) is 0 Å². The molecule has 0 aliphatic heterocycles. The normalized spacial score (nSPS) is 11.2. The molecule has 0 heterocycles. The molecule has 0 bridgehead atoms. The summed E-state index contributed by atoms with van der Waals surface area (Å²) in [5, 5.41) is 15.4. The Morgan fingerprint density at radius 3 is 2.00 bits per heavy atom. The fourth-order valence-electron chi connectivity index (χ4n) is 1.50. The van der Waals surface area contributed by atoms with Crippen molar-refractivity contribution in [3.63, 3.8) is 0 Å². The van der Waals surface area contributed by atoms with Gasteiger partial charge in [0.15, 0.2) is 0 Å². The van der Waals surface area contributed by atoms with E-state index in [0.29, 0.717) is 20.1 Å². The minimum absolute atomic E-state index is 0.389. The minimum Gasteiger partial charge on any atom is -0.857 e. The van der Waals surface area contributed by atoms with E-state index in [4.69, 9.17) is 0 Å². The van der Waals surface area contributed by atoms with Crippen molar-refractivity contribution in [3.05, 3.63) is 68.6 Å². The van der Waals surface area contributed by atoms with Gasteiger partial charge in [-0.2, -0.15) is 5.10 Å². The quantitative estimate of drug-likeness (QED) is 0.492. The highest BCUT2D eigenvalue weighted by Crippen LogP contribution is 2.16. The Kier molecular flexibility index (Phi) is 4.92. The number of hydrogen-bond donors (Lipinski definition) is 1. The predicted molar refractivity (Wildman–Crippen MR) is 82.3 cm³/mol. The summed E-state index contributed by atoms with van der Waals surface area (Å²) >= 11 is 6.52. The highest BCUT2D eigenvalue weighted by atomic mass is 79.9. The van der Waals surface area contributed by atoms with E-state index in [1.165, 1.54) is 0 Å². The second kappa shape index (κ2) is 6.67. The molecule has 6 heteroatoms. The number of nitrogens with one attached hydrogen (secondary N) is 1. The molecule has 20 heavy (non-hydrogen) atoms. The maximum Gasteiger partial charge on any atom is 0.272 e. The average molecular weight is 397 g/mol. The molecular formula is C14H9Br2N2O2-. The molecule has 2 aromatic rings. The van der Waals surface area contributed by atoms with E-state index < -0.39 is 11.8 Å². The van der Waals surface area contributed by atoms with Crippen molar-refractivity contribution in [2.75, 3.05) is 0 Å². The summed E-state index contributed by atoms with van der Waals surface area (Å²) < 4.78 is 1.27. The monoisotopic (exact) mass is 395 g/mol. The van der Waals surface area contributed by atoms with E-state index in [0.717, 1.165) is 0 Å². The largest absolute Gasteiger partial charge is 0.857 e. The maximum absolute atomic E-state index is 11.9. The summed E-state index contributed by atoms with van der Waals surface area (Å²) in [5.41, 5.74) is 3.05. The van der Waals surface area contributed by atoms with Gasteiger partial charge in [0.25, 0.3) is 5.91 Å². The first kappa shape index (κ1) is 14.7. The summed E-state index contributed by atoms with van der Waals surface area (Å²) in [7, 11) is 0. The Labute approximate surface area is 132 Å². The Bertz CT molecular complexity index is 672. The number of benzene rings is 2. The second-order valence-electron chi connectivity index (χ2n) is 3.82. The van der Waals surface area contributed by atoms with Gasteiger partial charge < -0.3 is 5.11 Å². The van der Waals surface area contributed by atoms with Crippen molar-refractivity contribution < 1.29 is 9.90 Å². The van der Waals surface area contributed by atoms with Crippen LogP contribution in [0, 0.1) is 0 Å². The minimum atomic E-state index is -0.516. The van der Waals surface area contributed by atoms with Crippen LogP contribution in [0.5, 0.6) is 0 Å². The van der Waals surface area contributed by atoms with Crippen molar-refractivity contribution in [3.8, 4) is 0 Å². The fourth-order valence-corrected chi connectivity index (χ4v) is 2.42. The van der Waals surface area contributed by atoms with Crippen molar-refractivity contribution >= 4 is 43.7 Å². The predicted octanol–water partition coefficient (Wildman–Crippen LogP) is 2.66. The second-order valence-corrected chi connectivity index (χ2v) is 5.53. The standard InChI is InChI=1S/C14H10Br2N2O2/c15-11-7-3-1-5-9(11)13(19)17-18-14(20)10-6-2-4-8-12(10)16/h1-8H,(H,17,19)(H,18,20)/p-1. The van der Waals surface area contributed by atoms with Crippen LogP contribution in [0.2, 0.25) is 0 Å². The molecule has 0 aliphatic carbocycles. The van der Waals surface area contributed by atoms with Crippen LogP contribution in [0.15, 0.2) is 62.6 Å². The molecule has 0 spiro atoms. The molecule has 0 aliphatic rings. The molecule has 4 nitrogen and oxygen atoms in total. The highest BCUT2D eigenvalue weighted by Gasteiger charge is 2.08. The topological polar surface area (TPSA) is 64.5 Å². The number of amides is 1. The molecule has 0 aromatic heterocycles. The Hall–Kier alpha value is -1.66. The van der Waals surface area contributed by atoms with Gasteiger partial charge in [-0.1, -0.05) is 46.3 Å². The molecule has 0 unspecified atom stereocenters. The number of halogens is 2. The van der Waals surface area contributed by atoms with Gasteiger partial charge in [-0.05, 0) is 34.1 Å². The van der Waals surface area contributed by atoms with Gasteiger partial charge in [0.2, 0.25) is 0 Å². The van der Waals surface area contributed by atoms with Gasteiger partial charge >= 0.3 is 0 Å². The summed E-state index contributed by atoms with van der Waals surface area (Å²) in [6.45, 7) is 0. The van der Waals surface area contributed by atoms with Gasteiger partial charge in [0.05, 0.1) is 5.56 Å². The SMILES string of the molecule is O=C(NN=C([O-])c1ccccc1Br)c1ccccc1Br. The van der Waals surface area contributed by atoms with Crippen LogP contribution in [0.25, 0.3) is 0 Å². The molecule has 0 atom stereocenters. The van der Waals surface area contributed by atoms with Crippen LogP contribution in [-0.2, 0) is 0 Å². The number of nitrogens with zero attached hydrogens (tertiary/aromatic N) is 1. The number of hydrogen-bond acceptors (Lipinski definition) is 3. The summed E-state index contributed by atoms with van der Waals surface area (Å²) in [6.07, 6.45) is 0. The van der Waals surface area contributed by atoms with Crippen molar-refractivity contribution in [1.82, 2.24) is 5.43 Å². The third kappa shape index (κ3) is 3.46. The summed E-state index contributed by atoms with van der Waals surface area (Å²) in [4.78, 5) is 11.9. The van der Waals surface area contributed by atoms with E-state index in [2.05, 4.69) is 42.4 Å². The van der Waals surface area contributed by atoms with E-state index in [9.17, 15) is 9.90 Å². The van der Waals surface area contributed by atoms with Crippen LogP contribution < -0.4 is 10.5 Å². The zero-order chi connectivity index (χ0) is 14.5. The zero-order valence-electron chi connectivity index (χ0n) is 10.1. The van der Waals surface area contributed by atoms with Crippen molar-refractivity contribution in [2.45, 2.75) is 0 Å². The van der Waals surface area contributed by atoms with Crippen LogP contribution in [0.3, 0.4) is 0 Å². The lowest BCUT2D eigenvalue weighted by Gasteiger charge is -2.12. The zero-order valence-corrected chi connectivity index (χ0v) is 13.3. The van der Waals surface area contributed by atoms with Crippen LogP contribution in [-0.4, -0.2) is 11.8 Å². The van der Waals surface area contributed by atoms with Gasteiger partial charge in [-0.15, -0.1) is 0 Å². The van der Waals surface area contributed by atoms with Gasteiger partial charge in [-0.25, -0.2) is 5.43 Å². The van der Waals surface area contributed by atoms with Crippen molar-refractivity contribution in [2.24, 2.45) is 5.10 Å². The summed E-state index contributed by atoms with van der Waals surface area (Å²) in [5.74, 6) is -0.962. The van der Waals surface area contributed by atoms with Crippen molar-refractivity contribution in [1.29, 1.82) is 0 Å². The molecule has 0 fully saturated rings. The lowest BCUT2D eigenvalue weighted by molar-refractivity contribution is -0.213. The third-order valence-corrected chi connectivity index (χ3v) is 3.86. The smallest absolute Gasteiger partial charge is 0.272 e. The van der Waals surface area contributed by atoms with Gasteiger partial charge in [0, 0.05) is 20.4 Å². The molecule has 0 radical (unpaired) electrons. The first-order chi connectivity index (χ1) is 9.59. The fraction of sp³-hybridized carbons (Fsp3) is 0. The number of carbonyl (C=O) groups is 1. The highest BCUT2D eigenvalue weighted by molar-refractivity contribution is 9.10. The van der Waals surface area contributed by atoms with Crippen LogP contribution in [0.1, 0.15) is 15.9 Å². The van der Waals surface area contributed by atoms with E-state index in [1.54, 1.807) is 48.5 Å². The molecule has 102 valence electrons. The lowest BCUT2D eigenvalue weighted by Crippen LogP contribution is -2.27. The van der Waals surface area contributed by atoms with Crippen LogP contribution >= 0.6 is 31.9 Å². The maximum atomic E-state index is 11.9. The van der Waals surface area contributed by atoms with E-state index >= 15 is 0 Å². The number of rotatable bonds is 3. The molecule has 2 aromatic carbocycles. The molecular weight excluding hydrogens is 388 g/mol. The number of carbonyl (C=O) groups excluding carboxylic acids is 1. The molecule has 2 rings (SSSR count). The number of hydrazone groups is 1. The summed E-state index contributed by atoms with van der Waals surface area (Å²) in [6, 6.07) is 13.8. The van der Waals surface area contributed by atoms with E-state index in [-0.39, 0.29) is 0 Å². The Balaban J connectivity index is 2.16. The van der Waals surface area contributed by atoms with Gasteiger partial charge in [0.1, 0.15) is 0 Å². The molecule has 0 saturated carbocycles. The first-order valence-electron chi connectivity index (χ1n) is 5.64. The Morgan fingerprint density at radius 1 is 0.950 bits per heavy atom. The van der Waals surface area contributed by atoms with Gasteiger partial charge in [-0.3, -0.25) is 4.79 Å².